The summed E-state index contributed by atoms with van der Waals surface area (Å²) in [5, 5.41) is 8.34. The molecule has 1 aromatic heterocycles. The first kappa shape index (κ1) is 14.4. The number of likely N-dealkylation sites (N-methyl/N-ethyl adjacent to an activating group) is 1. The van der Waals surface area contributed by atoms with Gasteiger partial charge in [0.2, 0.25) is 0 Å². The summed E-state index contributed by atoms with van der Waals surface area (Å²) in [5.41, 5.74) is 6.96. The van der Waals surface area contributed by atoms with Gasteiger partial charge in [-0.1, -0.05) is 18.6 Å². The van der Waals surface area contributed by atoms with E-state index in [1.54, 1.807) is 0 Å². The van der Waals surface area contributed by atoms with E-state index >= 15 is 0 Å². The number of rotatable bonds is 6. The summed E-state index contributed by atoms with van der Waals surface area (Å²) in [6.45, 7) is 8.68. The summed E-state index contributed by atoms with van der Waals surface area (Å²) in [4.78, 5) is 4.85. The first-order valence-corrected chi connectivity index (χ1v) is 7.25. The fourth-order valence-corrected chi connectivity index (χ4v) is 2.37. The molecule has 0 saturated carbocycles. The molecule has 0 aromatic carbocycles. The SMILES string of the molecule is CCCC(N)c1cn(CCN2CCN(C)CC2)nn1. The molecule has 0 amide bonds. The van der Waals surface area contributed by atoms with Crippen molar-refractivity contribution in [1.29, 1.82) is 0 Å². The van der Waals surface area contributed by atoms with Crippen LogP contribution in [0.1, 0.15) is 31.5 Å². The standard InChI is InChI=1S/C13H26N6/c1-3-4-12(14)13-11-19(16-15-13)10-9-18-7-5-17(2)6-8-18/h11-12H,3-10,14H2,1-2H3. The quantitative estimate of drug-likeness (QED) is 0.804. The molecule has 6 nitrogen and oxygen atoms in total. The molecule has 0 spiro atoms. The Morgan fingerprint density at radius 1 is 1.26 bits per heavy atom. The molecule has 1 aliphatic rings. The van der Waals surface area contributed by atoms with Crippen molar-refractivity contribution < 1.29 is 0 Å². The number of nitrogens with two attached hydrogens (primary N) is 1. The zero-order valence-electron chi connectivity index (χ0n) is 12.1. The Morgan fingerprint density at radius 3 is 2.68 bits per heavy atom. The Hall–Kier alpha value is -0.980. The van der Waals surface area contributed by atoms with Crippen LogP contribution >= 0.6 is 0 Å². The highest BCUT2D eigenvalue weighted by atomic mass is 15.4. The number of hydrogen-bond donors (Lipinski definition) is 1. The summed E-state index contributed by atoms with van der Waals surface area (Å²) >= 11 is 0. The van der Waals surface area contributed by atoms with Crippen LogP contribution < -0.4 is 5.73 Å². The van der Waals surface area contributed by atoms with Gasteiger partial charge in [0.25, 0.3) is 0 Å². The highest BCUT2D eigenvalue weighted by molar-refractivity contribution is 4.99. The molecule has 1 atom stereocenters. The molecule has 1 fully saturated rings. The third-order valence-corrected chi connectivity index (χ3v) is 3.78. The van der Waals surface area contributed by atoms with Crippen LogP contribution in [0.4, 0.5) is 0 Å². The molecule has 1 unspecified atom stereocenters. The van der Waals surface area contributed by atoms with Gasteiger partial charge in [-0.15, -0.1) is 5.10 Å². The smallest absolute Gasteiger partial charge is 0.0994 e. The van der Waals surface area contributed by atoms with E-state index in [9.17, 15) is 0 Å². The molecule has 1 aliphatic heterocycles. The molecular weight excluding hydrogens is 240 g/mol. The van der Waals surface area contributed by atoms with Crippen LogP contribution in [0, 0.1) is 0 Å². The molecule has 2 rings (SSSR count). The lowest BCUT2D eigenvalue weighted by molar-refractivity contribution is 0.148. The van der Waals surface area contributed by atoms with Crippen LogP contribution in [0.3, 0.4) is 0 Å². The maximum Gasteiger partial charge on any atom is 0.0994 e. The normalized spacial score (nSPS) is 19.7. The Bertz CT molecular complexity index is 369. The maximum absolute atomic E-state index is 6.04. The van der Waals surface area contributed by atoms with Gasteiger partial charge in [0, 0.05) is 32.7 Å². The highest BCUT2D eigenvalue weighted by Crippen LogP contribution is 2.11. The zero-order valence-corrected chi connectivity index (χ0v) is 12.1. The minimum Gasteiger partial charge on any atom is -0.323 e. The average Bonchev–Trinajstić information content (AvgIpc) is 2.87. The fraction of sp³-hybridized carbons (Fsp3) is 0.846. The van der Waals surface area contributed by atoms with E-state index in [0.717, 1.165) is 57.8 Å². The Morgan fingerprint density at radius 2 is 2.00 bits per heavy atom. The second-order valence-corrected chi connectivity index (χ2v) is 5.45. The van der Waals surface area contributed by atoms with E-state index in [0.29, 0.717) is 0 Å². The van der Waals surface area contributed by atoms with Gasteiger partial charge in [-0.2, -0.15) is 0 Å². The first-order valence-electron chi connectivity index (χ1n) is 7.25. The summed E-state index contributed by atoms with van der Waals surface area (Å²) in [5.74, 6) is 0. The minimum atomic E-state index is 0.0300. The summed E-state index contributed by atoms with van der Waals surface area (Å²) in [6, 6.07) is 0.0300. The van der Waals surface area contributed by atoms with E-state index < -0.39 is 0 Å². The van der Waals surface area contributed by atoms with E-state index in [1.807, 2.05) is 10.9 Å². The van der Waals surface area contributed by atoms with E-state index in [1.165, 1.54) is 0 Å². The summed E-state index contributed by atoms with van der Waals surface area (Å²) in [6.07, 6.45) is 4.04. The molecule has 2 heterocycles. The lowest BCUT2D eigenvalue weighted by Gasteiger charge is -2.32. The van der Waals surface area contributed by atoms with Gasteiger partial charge in [0.05, 0.1) is 24.5 Å². The number of nitrogens with zero attached hydrogens (tertiary/aromatic N) is 5. The van der Waals surface area contributed by atoms with Gasteiger partial charge in [-0.3, -0.25) is 9.58 Å². The van der Waals surface area contributed by atoms with Gasteiger partial charge in [-0.05, 0) is 13.5 Å². The predicted molar refractivity (Wildman–Crippen MR) is 75.8 cm³/mol. The van der Waals surface area contributed by atoms with Crippen molar-refractivity contribution in [2.75, 3.05) is 39.8 Å². The second-order valence-electron chi connectivity index (χ2n) is 5.45. The van der Waals surface area contributed by atoms with Gasteiger partial charge < -0.3 is 10.6 Å². The first-order chi connectivity index (χ1) is 9.19. The third kappa shape index (κ3) is 4.26. The van der Waals surface area contributed by atoms with Crippen LogP contribution in [-0.2, 0) is 6.54 Å². The topological polar surface area (TPSA) is 63.2 Å². The molecule has 1 saturated heterocycles. The van der Waals surface area contributed by atoms with Crippen molar-refractivity contribution in [3.05, 3.63) is 11.9 Å². The van der Waals surface area contributed by atoms with Crippen molar-refractivity contribution >= 4 is 0 Å². The molecule has 0 radical (unpaired) electrons. The van der Waals surface area contributed by atoms with Gasteiger partial charge in [0.1, 0.15) is 0 Å². The number of hydrogen-bond acceptors (Lipinski definition) is 5. The van der Waals surface area contributed by atoms with Crippen molar-refractivity contribution in [3.8, 4) is 0 Å². The summed E-state index contributed by atoms with van der Waals surface area (Å²) < 4.78 is 1.92. The Kier molecular flexibility index (Phi) is 5.30. The zero-order chi connectivity index (χ0) is 13.7. The van der Waals surface area contributed by atoms with Gasteiger partial charge in [0.15, 0.2) is 0 Å². The van der Waals surface area contributed by atoms with E-state index in [4.69, 9.17) is 5.73 Å². The van der Waals surface area contributed by atoms with Gasteiger partial charge in [-0.25, -0.2) is 0 Å². The van der Waals surface area contributed by atoms with Crippen molar-refractivity contribution in [2.24, 2.45) is 5.73 Å². The lowest BCUT2D eigenvalue weighted by atomic mass is 10.1. The molecule has 19 heavy (non-hydrogen) atoms. The van der Waals surface area contributed by atoms with Crippen molar-refractivity contribution in [1.82, 2.24) is 24.8 Å². The molecule has 2 N–H and O–H groups in total. The van der Waals surface area contributed by atoms with Crippen LogP contribution in [0.5, 0.6) is 0 Å². The van der Waals surface area contributed by atoms with Crippen LogP contribution in [0.25, 0.3) is 0 Å². The fourth-order valence-electron chi connectivity index (χ4n) is 2.37. The van der Waals surface area contributed by atoms with Crippen LogP contribution in [0.2, 0.25) is 0 Å². The Labute approximate surface area is 115 Å². The third-order valence-electron chi connectivity index (χ3n) is 3.78. The monoisotopic (exact) mass is 266 g/mol. The Balaban J connectivity index is 1.77. The highest BCUT2D eigenvalue weighted by Gasteiger charge is 2.14. The van der Waals surface area contributed by atoms with E-state index in [-0.39, 0.29) is 6.04 Å². The summed E-state index contributed by atoms with van der Waals surface area (Å²) in [7, 11) is 2.18. The van der Waals surface area contributed by atoms with Crippen molar-refractivity contribution in [2.45, 2.75) is 32.4 Å². The predicted octanol–water partition coefficient (Wildman–Crippen LogP) is 0.325. The van der Waals surface area contributed by atoms with Gasteiger partial charge >= 0.3 is 0 Å². The largest absolute Gasteiger partial charge is 0.323 e. The van der Waals surface area contributed by atoms with Crippen LogP contribution in [-0.4, -0.2) is 64.6 Å². The molecule has 1 aromatic rings. The van der Waals surface area contributed by atoms with Crippen molar-refractivity contribution in [3.63, 3.8) is 0 Å². The minimum absolute atomic E-state index is 0.0300. The molecule has 108 valence electrons. The second kappa shape index (κ2) is 6.98. The molecule has 6 heteroatoms. The number of piperazine rings is 1. The molecule has 0 bridgehead atoms. The molecular formula is C13H26N6. The number of aromatic nitrogens is 3. The molecule has 0 aliphatic carbocycles. The van der Waals surface area contributed by atoms with E-state index in [2.05, 4.69) is 34.1 Å². The van der Waals surface area contributed by atoms with Crippen LogP contribution in [0.15, 0.2) is 6.20 Å². The lowest BCUT2D eigenvalue weighted by Crippen LogP contribution is -2.45. The maximum atomic E-state index is 6.04. The average molecular weight is 266 g/mol.